The van der Waals surface area contributed by atoms with Crippen LogP contribution in [-0.4, -0.2) is 7.11 Å². The maximum atomic E-state index is 12.9. The van der Waals surface area contributed by atoms with Gasteiger partial charge in [0.25, 0.3) is 0 Å². The Hall–Kier alpha value is -2.09. The van der Waals surface area contributed by atoms with E-state index in [2.05, 4.69) is 6.58 Å². The van der Waals surface area contributed by atoms with Crippen molar-refractivity contribution in [3.05, 3.63) is 78.1 Å². The number of benzene rings is 2. The van der Waals surface area contributed by atoms with Crippen LogP contribution in [-0.2, 0) is 6.42 Å². The molecule has 0 aliphatic rings. The zero-order valence-corrected chi connectivity index (χ0v) is 11.0. The van der Waals surface area contributed by atoms with E-state index in [9.17, 15) is 4.39 Å². The second kappa shape index (κ2) is 6.19. The van der Waals surface area contributed by atoms with Gasteiger partial charge < -0.3 is 4.74 Å². The minimum atomic E-state index is -0.212. The summed E-state index contributed by atoms with van der Waals surface area (Å²) in [5.74, 6) is 0.825. The van der Waals surface area contributed by atoms with Crippen LogP contribution < -0.4 is 4.74 Å². The van der Waals surface area contributed by atoms with E-state index < -0.39 is 0 Å². The van der Waals surface area contributed by atoms with Crippen molar-refractivity contribution in [3.63, 3.8) is 0 Å². The quantitative estimate of drug-likeness (QED) is 0.723. The van der Waals surface area contributed by atoms with E-state index in [1.54, 1.807) is 7.11 Å². The highest BCUT2D eigenvalue weighted by Gasteiger charge is 2.08. The molecule has 0 aliphatic heterocycles. The molecule has 1 nitrogen and oxygen atoms in total. The van der Waals surface area contributed by atoms with Crippen LogP contribution in [0.5, 0.6) is 5.75 Å². The molecule has 2 aromatic carbocycles. The van der Waals surface area contributed by atoms with E-state index in [-0.39, 0.29) is 11.7 Å². The molecule has 0 N–H and O–H groups in total. The predicted molar refractivity (Wildman–Crippen MR) is 76.0 cm³/mol. The predicted octanol–water partition coefficient (Wildman–Crippen LogP) is 4.35. The summed E-state index contributed by atoms with van der Waals surface area (Å²) in [4.78, 5) is 0. The van der Waals surface area contributed by atoms with Crippen molar-refractivity contribution in [1.82, 2.24) is 0 Å². The smallest absolute Gasteiger partial charge is 0.123 e. The molecule has 0 aromatic heterocycles. The number of halogens is 1. The number of methoxy groups -OCH3 is 1. The average Bonchev–Trinajstić information content (AvgIpc) is 2.46. The Bertz CT molecular complexity index is 528. The highest BCUT2D eigenvalue weighted by atomic mass is 19.1. The van der Waals surface area contributed by atoms with Gasteiger partial charge >= 0.3 is 0 Å². The van der Waals surface area contributed by atoms with Crippen LogP contribution in [0.25, 0.3) is 0 Å². The molecule has 0 unspecified atom stereocenters. The lowest BCUT2D eigenvalue weighted by Gasteiger charge is -2.13. The first kappa shape index (κ1) is 13.3. The minimum absolute atomic E-state index is 0.189. The molecule has 0 amide bonds. The Morgan fingerprint density at radius 3 is 2.26 bits per heavy atom. The Kier molecular flexibility index (Phi) is 4.35. The first-order chi connectivity index (χ1) is 9.22. The summed E-state index contributed by atoms with van der Waals surface area (Å²) in [5.41, 5.74) is 2.28. The van der Waals surface area contributed by atoms with Crippen molar-refractivity contribution in [2.75, 3.05) is 7.11 Å². The molecule has 0 aliphatic carbocycles. The molecule has 0 bridgehead atoms. The topological polar surface area (TPSA) is 9.23 Å². The van der Waals surface area contributed by atoms with Gasteiger partial charge in [-0.15, -0.1) is 6.58 Å². The summed E-state index contributed by atoms with van der Waals surface area (Å²) in [6, 6.07) is 14.6. The molecule has 0 saturated carbocycles. The average molecular weight is 256 g/mol. The Balaban J connectivity index is 2.14. The molecular formula is C17H17FO. The first-order valence-corrected chi connectivity index (χ1v) is 6.24. The van der Waals surface area contributed by atoms with Crippen LogP contribution in [0.15, 0.2) is 61.2 Å². The van der Waals surface area contributed by atoms with Gasteiger partial charge in [-0.1, -0.05) is 30.3 Å². The third-order valence-electron chi connectivity index (χ3n) is 3.20. The zero-order chi connectivity index (χ0) is 13.7. The van der Waals surface area contributed by atoms with E-state index in [1.807, 2.05) is 42.5 Å². The van der Waals surface area contributed by atoms with Crippen molar-refractivity contribution >= 4 is 0 Å². The van der Waals surface area contributed by atoms with E-state index in [0.29, 0.717) is 0 Å². The lowest BCUT2D eigenvalue weighted by Crippen LogP contribution is -2.00. The third kappa shape index (κ3) is 3.44. The van der Waals surface area contributed by atoms with Crippen molar-refractivity contribution in [3.8, 4) is 5.75 Å². The van der Waals surface area contributed by atoms with Gasteiger partial charge in [0.1, 0.15) is 11.6 Å². The molecule has 0 radical (unpaired) electrons. The second-order valence-corrected chi connectivity index (χ2v) is 4.45. The van der Waals surface area contributed by atoms with Gasteiger partial charge in [0.05, 0.1) is 7.11 Å². The van der Waals surface area contributed by atoms with Crippen LogP contribution >= 0.6 is 0 Å². The van der Waals surface area contributed by atoms with E-state index in [4.69, 9.17) is 4.74 Å². The fourth-order valence-electron chi connectivity index (χ4n) is 2.06. The standard InChI is InChI=1S/C17H17FO/c1-3-14(15-6-8-16(18)9-7-15)12-13-4-10-17(19-2)11-5-13/h3-11,14H,1,12H2,2H3/t14-/m0/s1. The third-order valence-corrected chi connectivity index (χ3v) is 3.20. The largest absolute Gasteiger partial charge is 0.497 e. The number of ether oxygens (including phenoxy) is 1. The number of hydrogen-bond donors (Lipinski definition) is 0. The van der Waals surface area contributed by atoms with Crippen molar-refractivity contribution in [2.24, 2.45) is 0 Å². The highest BCUT2D eigenvalue weighted by Crippen LogP contribution is 2.23. The van der Waals surface area contributed by atoms with Gasteiger partial charge in [-0.05, 0) is 41.8 Å². The molecule has 2 aromatic rings. The van der Waals surface area contributed by atoms with Crippen LogP contribution in [0.1, 0.15) is 17.0 Å². The van der Waals surface area contributed by atoms with Gasteiger partial charge in [0, 0.05) is 5.92 Å². The van der Waals surface area contributed by atoms with E-state index >= 15 is 0 Å². The zero-order valence-electron chi connectivity index (χ0n) is 11.0. The summed E-state index contributed by atoms with van der Waals surface area (Å²) in [7, 11) is 1.65. The van der Waals surface area contributed by atoms with Crippen LogP contribution in [0.3, 0.4) is 0 Å². The Labute approximate surface area is 113 Å². The normalized spacial score (nSPS) is 11.9. The van der Waals surface area contributed by atoms with Crippen molar-refractivity contribution in [1.29, 1.82) is 0 Å². The van der Waals surface area contributed by atoms with Crippen molar-refractivity contribution < 1.29 is 9.13 Å². The summed E-state index contributed by atoms with van der Waals surface area (Å²) >= 11 is 0. The summed E-state index contributed by atoms with van der Waals surface area (Å²) in [6.07, 6.45) is 2.75. The van der Waals surface area contributed by atoms with E-state index in [0.717, 1.165) is 17.7 Å². The maximum Gasteiger partial charge on any atom is 0.123 e. The molecule has 19 heavy (non-hydrogen) atoms. The maximum absolute atomic E-state index is 12.9. The lowest BCUT2D eigenvalue weighted by atomic mass is 9.92. The molecule has 2 heteroatoms. The van der Waals surface area contributed by atoms with Crippen LogP contribution in [0, 0.1) is 5.82 Å². The fraction of sp³-hybridized carbons (Fsp3) is 0.176. The Morgan fingerprint density at radius 2 is 1.74 bits per heavy atom. The van der Waals surface area contributed by atoms with Gasteiger partial charge in [-0.25, -0.2) is 4.39 Å². The lowest BCUT2D eigenvalue weighted by molar-refractivity contribution is 0.414. The molecule has 1 atom stereocenters. The van der Waals surface area contributed by atoms with Gasteiger partial charge in [0.15, 0.2) is 0 Å². The Morgan fingerprint density at radius 1 is 1.11 bits per heavy atom. The van der Waals surface area contributed by atoms with Crippen LogP contribution in [0.4, 0.5) is 4.39 Å². The molecule has 0 saturated heterocycles. The monoisotopic (exact) mass is 256 g/mol. The van der Waals surface area contributed by atoms with E-state index in [1.165, 1.54) is 17.7 Å². The molecule has 0 fully saturated rings. The fourth-order valence-corrected chi connectivity index (χ4v) is 2.06. The summed E-state index contributed by atoms with van der Waals surface area (Å²) < 4.78 is 18.1. The number of hydrogen-bond acceptors (Lipinski definition) is 1. The summed E-state index contributed by atoms with van der Waals surface area (Å²) in [5, 5.41) is 0. The van der Waals surface area contributed by atoms with Gasteiger partial charge in [0.2, 0.25) is 0 Å². The molecular weight excluding hydrogens is 239 g/mol. The number of rotatable bonds is 5. The van der Waals surface area contributed by atoms with Gasteiger partial charge in [-0.2, -0.15) is 0 Å². The molecule has 2 rings (SSSR count). The molecule has 0 heterocycles. The van der Waals surface area contributed by atoms with Crippen molar-refractivity contribution in [2.45, 2.75) is 12.3 Å². The minimum Gasteiger partial charge on any atom is -0.497 e. The molecule has 0 spiro atoms. The second-order valence-electron chi connectivity index (χ2n) is 4.45. The highest BCUT2D eigenvalue weighted by molar-refractivity contribution is 5.31. The SMILES string of the molecule is C=C[C@@H](Cc1ccc(OC)cc1)c1ccc(F)cc1. The summed E-state index contributed by atoms with van der Waals surface area (Å²) in [6.45, 7) is 3.87. The van der Waals surface area contributed by atoms with Gasteiger partial charge in [-0.3, -0.25) is 0 Å². The number of allylic oxidation sites excluding steroid dienone is 1. The van der Waals surface area contributed by atoms with Crippen LogP contribution in [0.2, 0.25) is 0 Å². The molecule has 98 valence electrons. The first-order valence-electron chi connectivity index (χ1n) is 6.24.